The lowest BCUT2D eigenvalue weighted by molar-refractivity contribution is 0.102. The largest absolute Gasteiger partial charge is 0.492 e. The lowest BCUT2D eigenvalue weighted by Crippen LogP contribution is -2.14. The van der Waals surface area contributed by atoms with Crippen molar-refractivity contribution in [1.82, 2.24) is 14.9 Å². The van der Waals surface area contributed by atoms with E-state index in [4.69, 9.17) is 26.6 Å². The van der Waals surface area contributed by atoms with Gasteiger partial charge in [0.1, 0.15) is 23.7 Å². The number of nitrogens with zero attached hydrogens (tertiary/aromatic N) is 3. The normalized spacial score (nSPS) is 10.9. The second-order valence-corrected chi connectivity index (χ2v) is 6.37. The monoisotopic (exact) mass is 389 g/mol. The quantitative estimate of drug-likeness (QED) is 0.671. The summed E-state index contributed by atoms with van der Waals surface area (Å²) in [5, 5.41) is 11.3. The van der Waals surface area contributed by atoms with Crippen molar-refractivity contribution in [3.05, 3.63) is 46.4 Å². The molecule has 0 spiro atoms. The maximum Gasteiger partial charge on any atom is 0.261 e. The smallest absolute Gasteiger partial charge is 0.261 e. The highest BCUT2D eigenvalue weighted by molar-refractivity contribution is 6.33. The molecule has 0 saturated carbocycles. The first-order valence-electron chi connectivity index (χ1n) is 8.31. The van der Waals surface area contributed by atoms with Gasteiger partial charge in [-0.05, 0) is 32.0 Å². The van der Waals surface area contributed by atoms with Crippen LogP contribution in [-0.2, 0) is 7.05 Å². The van der Waals surface area contributed by atoms with Crippen molar-refractivity contribution in [2.45, 2.75) is 13.8 Å². The Bertz CT molecular complexity index is 941. The molecule has 2 aromatic heterocycles. The van der Waals surface area contributed by atoms with Gasteiger partial charge in [-0.1, -0.05) is 16.8 Å². The number of aromatic nitrogens is 3. The number of carbonyl (C=O) groups excluding carboxylic acids is 1. The van der Waals surface area contributed by atoms with Crippen LogP contribution in [0.4, 0.5) is 5.69 Å². The minimum atomic E-state index is -0.302. The number of hydrogen-bond acceptors (Lipinski definition) is 6. The minimum Gasteiger partial charge on any atom is -0.492 e. The predicted octanol–water partition coefficient (Wildman–Crippen LogP) is 2.94. The Balaban J connectivity index is 1.98. The van der Waals surface area contributed by atoms with Gasteiger partial charge in [0.15, 0.2) is 0 Å². The third-order valence-electron chi connectivity index (χ3n) is 4.02. The maximum absolute atomic E-state index is 12.6. The Kier molecular flexibility index (Phi) is 5.48. The van der Waals surface area contributed by atoms with E-state index in [1.807, 2.05) is 0 Å². The Hall–Kier alpha value is -2.84. The van der Waals surface area contributed by atoms with Crippen molar-refractivity contribution < 1.29 is 14.1 Å². The molecule has 0 fully saturated rings. The first kappa shape index (κ1) is 18.9. The molecule has 0 bridgehead atoms. The van der Waals surface area contributed by atoms with E-state index in [1.54, 1.807) is 50.0 Å². The number of halogens is 1. The first-order valence-corrected chi connectivity index (χ1v) is 8.69. The van der Waals surface area contributed by atoms with E-state index in [1.165, 1.54) is 0 Å². The molecule has 142 valence electrons. The van der Waals surface area contributed by atoms with Crippen LogP contribution in [0.3, 0.4) is 0 Å². The Morgan fingerprint density at radius 1 is 1.41 bits per heavy atom. The molecule has 1 amide bonds. The second kappa shape index (κ2) is 7.81. The summed E-state index contributed by atoms with van der Waals surface area (Å²) >= 11 is 6.29. The van der Waals surface area contributed by atoms with Crippen molar-refractivity contribution in [2.75, 3.05) is 18.5 Å². The molecule has 27 heavy (non-hydrogen) atoms. The molecule has 0 aliphatic carbocycles. The van der Waals surface area contributed by atoms with Gasteiger partial charge in [-0.3, -0.25) is 9.48 Å². The molecular weight excluding hydrogens is 370 g/mol. The summed E-state index contributed by atoms with van der Waals surface area (Å²) in [6, 6.07) is 5.29. The van der Waals surface area contributed by atoms with Crippen molar-refractivity contribution in [1.29, 1.82) is 0 Å². The highest BCUT2D eigenvalue weighted by Gasteiger charge is 2.20. The lowest BCUT2D eigenvalue weighted by Gasteiger charge is -2.14. The number of nitrogens with one attached hydrogen (secondary N) is 1. The van der Waals surface area contributed by atoms with Crippen LogP contribution in [0.25, 0.3) is 11.3 Å². The van der Waals surface area contributed by atoms with Gasteiger partial charge < -0.3 is 20.3 Å². The summed E-state index contributed by atoms with van der Waals surface area (Å²) in [5.74, 6) is 0.757. The van der Waals surface area contributed by atoms with Gasteiger partial charge in [-0.25, -0.2) is 0 Å². The van der Waals surface area contributed by atoms with Gasteiger partial charge in [0.25, 0.3) is 5.91 Å². The average Bonchev–Trinajstić information content (AvgIpc) is 3.14. The molecule has 0 atom stereocenters. The third-order valence-corrected chi connectivity index (χ3v) is 4.30. The molecule has 0 saturated heterocycles. The van der Waals surface area contributed by atoms with E-state index < -0.39 is 0 Å². The zero-order valence-corrected chi connectivity index (χ0v) is 16.0. The first-order chi connectivity index (χ1) is 12.9. The fraction of sp³-hybridized carbons (Fsp3) is 0.278. The van der Waals surface area contributed by atoms with Crippen LogP contribution in [0.5, 0.6) is 5.75 Å². The van der Waals surface area contributed by atoms with E-state index in [2.05, 4.69) is 15.6 Å². The molecule has 0 aliphatic rings. The van der Waals surface area contributed by atoms with Crippen molar-refractivity contribution in [3.8, 4) is 17.0 Å². The standard InChI is InChI=1S/C18H20ClN5O3/c1-10-16(11(2)27-23-10)18(25)22-12-4-5-15(26-7-6-20)13(8-12)17-14(19)9-21-24(17)3/h4-5,8-9H,6-7,20H2,1-3H3,(H,22,25). The topological polar surface area (TPSA) is 108 Å². The molecule has 0 radical (unpaired) electrons. The van der Waals surface area contributed by atoms with Crippen LogP contribution in [0.2, 0.25) is 5.02 Å². The SMILES string of the molecule is Cc1noc(C)c1C(=O)Nc1ccc(OCCN)c(-c2c(Cl)cnn2C)c1. The van der Waals surface area contributed by atoms with Gasteiger partial charge in [0, 0.05) is 24.8 Å². The average molecular weight is 390 g/mol. The van der Waals surface area contributed by atoms with Gasteiger partial charge >= 0.3 is 0 Å². The molecule has 1 aromatic carbocycles. The van der Waals surface area contributed by atoms with Crippen LogP contribution >= 0.6 is 11.6 Å². The van der Waals surface area contributed by atoms with E-state index in [0.717, 1.165) is 0 Å². The van der Waals surface area contributed by atoms with Crippen molar-refractivity contribution >= 4 is 23.2 Å². The molecule has 2 heterocycles. The number of anilines is 1. The zero-order chi connectivity index (χ0) is 19.6. The number of aryl methyl sites for hydroxylation is 3. The molecule has 3 N–H and O–H groups in total. The van der Waals surface area contributed by atoms with Gasteiger partial charge in [0.2, 0.25) is 0 Å². The molecule has 3 aromatic rings. The van der Waals surface area contributed by atoms with E-state index in [-0.39, 0.29) is 5.91 Å². The summed E-state index contributed by atoms with van der Waals surface area (Å²) < 4.78 is 12.4. The highest BCUT2D eigenvalue weighted by atomic mass is 35.5. The summed E-state index contributed by atoms with van der Waals surface area (Å²) in [7, 11) is 1.78. The summed E-state index contributed by atoms with van der Waals surface area (Å²) in [5.41, 5.74) is 8.44. The number of hydrogen-bond donors (Lipinski definition) is 2. The van der Waals surface area contributed by atoms with Crippen LogP contribution in [0, 0.1) is 13.8 Å². The van der Waals surface area contributed by atoms with Crippen molar-refractivity contribution in [3.63, 3.8) is 0 Å². The molecule has 0 aliphatic heterocycles. The molecule has 8 nitrogen and oxygen atoms in total. The Morgan fingerprint density at radius 3 is 2.78 bits per heavy atom. The van der Waals surface area contributed by atoms with Crippen LogP contribution in [-0.4, -0.2) is 34.0 Å². The number of rotatable bonds is 6. The Labute approximate surface area is 161 Å². The lowest BCUT2D eigenvalue weighted by atomic mass is 10.1. The van der Waals surface area contributed by atoms with Crippen molar-refractivity contribution in [2.24, 2.45) is 12.8 Å². The molecule has 3 rings (SSSR count). The molecular formula is C18H20ClN5O3. The van der Waals surface area contributed by atoms with Gasteiger partial charge in [-0.2, -0.15) is 5.10 Å². The van der Waals surface area contributed by atoms with E-state index >= 15 is 0 Å². The maximum atomic E-state index is 12.6. The number of amides is 1. The van der Waals surface area contributed by atoms with Crippen LogP contribution in [0.1, 0.15) is 21.8 Å². The van der Waals surface area contributed by atoms with Gasteiger partial charge in [-0.15, -0.1) is 0 Å². The molecule has 9 heteroatoms. The number of carbonyl (C=O) groups is 1. The highest BCUT2D eigenvalue weighted by Crippen LogP contribution is 2.36. The van der Waals surface area contributed by atoms with E-state index in [0.29, 0.717) is 57.9 Å². The molecule has 0 unspecified atom stereocenters. The summed E-state index contributed by atoms with van der Waals surface area (Å²) in [4.78, 5) is 12.6. The Morgan fingerprint density at radius 2 is 2.19 bits per heavy atom. The van der Waals surface area contributed by atoms with Gasteiger partial charge in [0.05, 0.1) is 22.6 Å². The van der Waals surface area contributed by atoms with E-state index in [9.17, 15) is 4.79 Å². The zero-order valence-electron chi connectivity index (χ0n) is 15.2. The number of nitrogens with two attached hydrogens (primary N) is 1. The minimum absolute atomic E-state index is 0.302. The summed E-state index contributed by atoms with van der Waals surface area (Å²) in [6.07, 6.45) is 1.55. The summed E-state index contributed by atoms with van der Waals surface area (Å²) in [6.45, 7) is 4.14. The predicted molar refractivity (Wildman–Crippen MR) is 102 cm³/mol. The van der Waals surface area contributed by atoms with Crippen LogP contribution < -0.4 is 15.8 Å². The number of ether oxygens (including phenoxy) is 1. The fourth-order valence-corrected chi connectivity index (χ4v) is 3.07. The fourth-order valence-electron chi connectivity index (χ4n) is 2.80. The van der Waals surface area contributed by atoms with Crippen LogP contribution in [0.15, 0.2) is 28.9 Å². The second-order valence-electron chi connectivity index (χ2n) is 5.97. The number of benzene rings is 1. The third kappa shape index (κ3) is 3.81.